The number of carbonyl (C=O) groups is 1. The standard InChI is InChI=1S/C18H28ClN3O4S/c1-21-11-3-5-17(21)6-4-12-22(14-18(23)26-2)27(24,25)20-13-15-7-9-16(19)10-8-15/h7-10,17,20H,3-6,11-14H2,1-2H3/t17-/m0/s1. The first-order valence-corrected chi connectivity index (χ1v) is 10.9. The van der Waals surface area contributed by atoms with E-state index in [2.05, 4.69) is 21.4 Å². The van der Waals surface area contributed by atoms with Crippen molar-refractivity contribution in [2.45, 2.75) is 38.3 Å². The van der Waals surface area contributed by atoms with Gasteiger partial charge in [-0.1, -0.05) is 23.7 Å². The molecular formula is C18H28ClN3O4S. The van der Waals surface area contributed by atoms with Crippen LogP contribution in [0, 0.1) is 0 Å². The van der Waals surface area contributed by atoms with E-state index >= 15 is 0 Å². The highest BCUT2D eigenvalue weighted by Gasteiger charge is 2.26. The van der Waals surface area contributed by atoms with E-state index in [-0.39, 0.29) is 19.6 Å². The first-order chi connectivity index (χ1) is 12.8. The highest BCUT2D eigenvalue weighted by atomic mass is 35.5. The van der Waals surface area contributed by atoms with Crippen molar-refractivity contribution in [2.75, 3.05) is 33.8 Å². The number of halogens is 1. The van der Waals surface area contributed by atoms with Crippen LogP contribution in [-0.4, -0.2) is 63.4 Å². The summed E-state index contributed by atoms with van der Waals surface area (Å²) < 4.78 is 33.7. The first-order valence-electron chi connectivity index (χ1n) is 9.08. The molecule has 0 bridgehead atoms. The molecule has 9 heteroatoms. The topological polar surface area (TPSA) is 79.0 Å². The molecule has 27 heavy (non-hydrogen) atoms. The number of nitrogens with zero attached hydrogens (tertiary/aromatic N) is 2. The van der Waals surface area contributed by atoms with Gasteiger partial charge in [0.25, 0.3) is 10.2 Å². The second-order valence-electron chi connectivity index (χ2n) is 6.78. The maximum absolute atomic E-state index is 12.7. The lowest BCUT2D eigenvalue weighted by molar-refractivity contribution is -0.140. The van der Waals surface area contributed by atoms with Crippen LogP contribution in [0.5, 0.6) is 0 Å². The Labute approximate surface area is 166 Å². The van der Waals surface area contributed by atoms with Crippen molar-refractivity contribution < 1.29 is 17.9 Å². The molecule has 2 rings (SSSR count). The minimum atomic E-state index is -3.81. The van der Waals surface area contributed by atoms with Crippen molar-refractivity contribution in [3.63, 3.8) is 0 Å². The molecule has 1 aliphatic rings. The van der Waals surface area contributed by atoms with Crippen molar-refractivity contribution in [3.8, 4) is 0 Å². The average molecular weight is 418 g/mol. The number of nitrogens with one attached hydrogen (secondary N) is 1. The average Bonchev–Trinajstić information content (AvgIpc) is 3.05. The minimum absolute atomic E-state index is 0.128. The van der Waals surface area contributed by atoms with Crippen LogP contribution in [0.15, 0.2) is 24.3 Å². The fraction of sp³-hybridized carbons (Fsp3) is 0.611. The van der Waals surface area contributed by atoms with Crippen LogP contribution in [0.1, 0.15) is 31.2 Å². The zero-order valence-corrected chi connectivity index (χ0v) is 17.4. The van der Waals surface area contributed by atoms with Crippen LogP contribution < -0.4 is 4.72 Å². The van der Waals surface area contributed by atoms with Crippen molar-refractivity contribution in [1.82, 2.24) is 13.9 Å². The Balaban J connectivity index is 1.94. The van der Waals surface area contributed by atoms with E-state index in [1.807, 2.05) is 0 Å². The zero-order chi connectivity index (χ0) is 19.9. The summed E-state index contributed by atoms with van der Waals surface area (Å²) in [6.07, 6.45) is 3.90. The number of benzene rings is 1. The molecule has 0 saturated carbocycles. The van der Waals surface area contributed by atoms with Gasteiger partial charge in [-0.25, -0.2) is 0 Å². The van der Waals surface area contributed by atoms with Gasteiger partial charge in [0.1, 0.15) is 6.54 Å². The molecule has 0 aliphatic carbocycles. The predicted octanol–water partition coefficient (Wildman–Crippen LogP) is 2.02. The van der Waals surface area contributed by atoms with Gasteiger partial charge in [0.15, 0.2) is 0 Å². The number of methoxy groups -OCH3 is 1. The smallest absolute Gasteiger partial charge is 0.321 e. The van der Waals surface area contributed by atoms with Gasteiger partial charge < -0.3 is 9.64 Å². The van der Waals surface area contributed by atoms with E-state index in [0.29, 0.717) is 17.5 Å². The molecule has 0 radical (unpaired) electrons. The molecule has 0 amide bonds. The molecule has 1 heterocycles. The third-order valence-electron chi connectivity index (χ3n) is 4.86. The van der Waals surface area contributed by atoms with Crippen molar-refractivity contribution >= 4 is 27.8 Å². The molecule has 1 aliphatic heterocycles. The molecule has 0 aromatic heterocycles. The number of hydrogen-bond donors (Lipinski definition) is 1. The second kappa shape index (κ2) is 10.4. The zero-order valence-electron chi connectivity index (χ0n) is 15.9. The Kier molecular flexibility index (Phi) is 8.50. The molecule has 1 fully saturated rings. The van der Waals surface area contributed by atoms with E-state index in [1.165, 1.54) is 13.5 Å². The van der Waals surface area contributed by atoms with Crippen LogP contribution >= 0.6 is 11.6 Å². The van der Waals surface area contributed by atoms with E-state index < -0.39 is 16.2 Å². The summed E-state index contributed by atoms with van der Waals surface area (Å²) in [6.45, 7) is 1.18. The number of rotatable bonds is 10. The van der Waals surface area contributed by atoms with Gasteiger partial charge in [0.2, 0.25) is 0 Å². The lowest BCUT2D eigenvalue weighted by Crippen LogP contribution is -2.44. The van der Waals surface area contributed by atoms with Crippen LogP contribution in [0.2, 0.25) is 5.02 Å². The predicted molar refractivity (Wildman–Crippen MR) is 106 cm³/mol. The molecule has 1 saturated heterocycles. The Hall–Kier alpha value is -1.19. The largest absolute Gasteiger partial charge is 0.468 e. The Morgan fingerprint density at radius 3 is 2.67 bits per heavy atom. The van der Waals surface area contributed by atoms with Crippen LogP contribution in [0.3, 0.4) is 0 Å². The van der Waals surface area contributed by atoms with Gasteiger partial charge in [-0.05, 0) is 57.0 Å². The van der Waals surface area contributed by atoms with Gasteiger partial charge in [-0.15, -0.1) is 0 Å². The lowest BCUT2D eigenvalue weighted by Gasteiger charge is -2.23. The van der Waals surface area contributed by atoms with Crippen molar-refractivity contribution in [1.29, 1.82) is 0 Å². The molecule has 1 aromatic carbocycles. The molecule has 152 valence electrons. The number of ether oxygens (including phenoxy) is 1. The summed E-state index contributed by atoms with van der Waals surface area (Å²) in [6, 6.07) is 7.40. The number of carbonyl (C=O) groups excluding carboxylic acids is 1. The lowest BCUT2D eigenvalue weighted by atomic mass is 10.1. The van der Waals surface area contributed by atoms with Crippen molar-refractivity contribution in [3.05, 3.63) is 34.9 Å². The number of esters is 1. The highest BCUT2D eigenvalue weighted by Crippen LogP contribution is 2.19. The van der Waals surface area contributed by atoms with Gasteiger partial charge >= 0.3 is 5.97 Å². The number of likely N-dealkylation sites (tertiary alicyclic amines) is 1. The molecule has 1 aromatic rings. The second-order valence-corrected chi connectivity index (χ2v) is 8.97. The SMILES string of the molecule is COC(=O)CN(CCC[C@@H]1CCCN1C)S(=O)(=O)NCc1ccc(Cl)cc1. The quantitative estimate of drug-likeness (QED) is 0.589. The first kappa shape index (κ1) is 22.1. The van der Waals surface area contributed by atoms with Gasteiger partial charge in [0.05, 0.1) is 7.11 Å². The summed E-state index contributed by atoms with van der Waals surface area (Å²) in [5.74, 6) is -0.579. The molecule has 1 atom stereocenters. The maximum Gasteiger partial charge on any atom is 0.321 e. The summed E-state index contributed by atoms with van der Waals surface area (Å²) in [4.78, 5) is 14.0. The molecular weight excluding hydrogens is 390 g/mol. The molecule has 7 nitrogen and oxygen atoms in total. The van der Waals surface area contributed by atoms with E-state index in [0.717, 1.165) is 29.3 Å². The Morgan fingerprint density at radius 2 is 2.07 bits per heavy atom. The van der Waals surface area contributed by atoms with Gasteiger partial charge in [-0.3, -0.25) is 4.79 Å². The Bertz CT molecular complexity index is 712. The molecule has 0 unspecified atom stereocenters. The molecule has 1 N–H and O–H groups in total. The number of hydrogen-bond acceptors (Lipinski definition) is 5. The van der Waals surface area contributed by atoms with Crippen LogP contribution in [0.4, 0.5) is 0 Å². The summed E-state index contributed by atoms with van der Waals surface area (Å²) >= 11 is 5.85. The van der Waals surface area contributed by atoms with E-state index in [1.54, 1.807) is 24.3 Å². The normalized spacial score (nSPS) is 18.1. The summed E-state index contributed by atoms with van der Waals surface area (Å²) in [7, 11) is -0.466. The van der Waals surface area contributed by atoms with E-state index in [9.17, 15) is 13.2 Å². The molecule has 0 spiro atoms. The fourth-order valence-corrected chi connectivity index (χ4v) is 4.51. The van der Waals surface area contributed by atoms with E-state index in [4.69, 9.17) is 11.6 Å². The maximum atomic E-state index is 12.7. The van der Waals surface area contributed by atoms with Gasteiger partial charge in [-0.2, -0.15) is 17.4 Å². The minimum Gasteiger partial charge on any atom is -0.468 e. The highest BCUT2D eigenvalue weighted by molar-refractivity contribution is 7.87. The Morgan fingerprint density at radius 1 is 1.37 bits per heavy atom. The third kappa shape index (κ3) is 7.04. The summed E-state index contributed by atoms with van der Waals surface area (Å²) in [5, 5.41) is 0.589. The fourth-order valence-electron chi connectivity index (χ4n) is 3.21. The monoisotopic (exact) mass is 417 g/mol. The van der Waals surface area contributed by atoms with Crippen LogP contribution in [-0.2, 0) is 26.3 Å². The third-order valence-corrected chi connectivity index (χ3v) is 6.61. The van der Waals surface area contributed by atoms with Gasteiger partial charge in [0, 0.05) is 24.2 Å². The van der Waals surface area contributed by atoms with Crippen LogP contribution in [0.25, 0.3) is 0 Å². The van der Waals surface area contributed by atoms with Crippen molar-refractivity contribution in [2.24, 2.45) is 0 Å². The summed E-state index contributed by atoms with van der Waals surface area (Å²) in [5.41, 5.74) is 0.786.